The van der Waals surface area contributed by atoms with Crippen molar-refractivity contribution in [2.45, 2.75) is 57.5 Å². The van der Waals surface area contributed by atoms with Gasteiger partial charge in [-0.05, 0) is 43.0 Å². The van der Waals surface area contributed by atoms with Crippen LogP contribution in [0.4, 0.5) is 0 Å². The number of hydrogen-bond donors (Lipinski definition) is 2. The molecule has 0 spiro atoms. The monoisotopic (exact) mass is 290 g/mol. The van der Waals surface area contributed by atoms with E-state index in [4.69, 9.17) is 10.5 Å². The summed E-state index contributed by atoms with van der Waals surface area (Å²) in [6.45, 7) is 1.87. The van der Waals surface area contributed by atoms with E-state index in [0.29, 0.717) is 6.04 Å². The Kier molecular flexibility index (Phi) is 7.04. The molecule has 0 bridgehead atoms. The second kappa shape index (κ2) is 9.06. The Balaban J connectivity index is 1.60. The van der Waals surface area contributed by atoms with Gasteiger partial charge < -0.3 is 15.8 Å². The second-order valence-electron chi connectivity index (χ2n) is 6.32. The van der Waals surface area contributed by atoms with Gasteiger partial charge >= 0.3 is 0 Å². The second-order valence-corrected chi connectivity index (χ2v) is 6.32. The minimum absolute atomic E-state index is 0.353. The van der Waals surface area contributed by atoms with Gasteiger partial charge in [-0.3, -0.25) is 0 Å². The highest BCUT2D eigenvalue weighted by molar-refractivity contribution is 5.28. The first-order valence-electron chi connectivity index (χ1n) is 8.37. The third-order valence-corrected chi connectivity index (χ3v) is 4.52. The van der Waals surface area contributed by atoms with Crippen molar-refractivity contribution in [2.75, 3.05) is 13.7 Å². The first kappa shape index (κ1) is 16.3. The van der Waals surface area contributed by atoms with Crippen LogP contribution in [0.25, 0.3) is 0 Å². The first-order chi connectivity index (χ1) is 10.3. The highest BCUT2D eigenvalue weighted by Crippen LogP contribution is 2.27. The Labute approximate surface area is 129 Å². The molecule has 1 aromatic carbocycles. The number of nitrogens with two attached hydrogens (primary N) is 1. The van der Waals surface area contributed by atoms with E-state index in [1.54, 1.807) is 7.11 Å². The molecule has 2 rings (SSSR count). The molecule has 118 valence electrons. The van der Waals surface area contributed by atoms with Crippen molar-refractivity contribution in [3.63, 3.8) is 0 Å². The summed E-state index contributed by atoms with van der Waals surface area (Å²) in [5.41, 5.74) is 7.53. The average molecular weight is 290 g/mol. The third kappa shape index (κ3) is 6.06. The smallest absolute Gasteiger partial charge is 0.119 e. The van der Waals surface area contributed by atoms with Crippen LogP contribution in [0.5, 0.6) is 5.75 Å². The van der Waals surface area contributed by atoms with Crippen LogP contribution in [0.15, 0.2) is 24.3 Å². The van der Waals surface area contributed by atoms with Crippen molar-refractivity contribution >= 4 is 0 Å². The molecule has 0 aromatic heterocycles. The summed E-state index contributed by atoms with van der Waals surface area (Å²) in [7, 11) is 1.71. The van der Waals surface area contributed by atoms with Crippen LogP contribution in [0.3, 0.4) is 0 Å². The Morgan fingerprint density at radius 1 is 1.29 bits per heavy atom. The van der Waals surface area contributed by atoms with E-state index in [1.807, 2.05) is 12.1 Å². The van der Waals surface area contributed by atoms with Gasteiger partial charge in [-0.1, -0.05) is 44.2 Å². The van der Waals surface area contributed by atoms with Crippen LogP contribution in [-0.2, 0) is 6.54 Å². The highest BCUT2D eigenvalue weighted by atomic mass is 16.5. The zero-order chi connectivity index (χ0) is 14.9. The predicted octanol–water partition coefficient (Wildman–Crippen LogP) is 3.47. The molecule has 1 aliphatic rings. The minimum atomic E-state index is 0.353. The molecule has 3 heteroatoms. The molecule has 0 unspecified atom stereocenters. The zero-order valence-corrected chi connectivity index (χ0v) is 13.3. The molecule has 1 atom stereocenters. The number of benzene rings is 1. The van der Waals surface area contributed by atoms with Crippen molar-refractivity contribution in [2.24, 2.45) is 11.7 Å². The molecule has 1 aromatic rings. The number of rotatable bonds is 8. The maximum atomic E-state index is 6.27. The maximum absolute atomic E-state index is 6.27. The number of methoxy groups -OCH3 is 1. The maximum Gasteiger partial charge on any atom is 0.119 e. The summed E-state index contributed by atoms with van der Waals surface area (Å²) >= 11 is 0. The standard InChI is InChI=1S/C18H30N2O/c1-21-18-9-5-8-16(13-18)14-20-11-10-17(19)12-15-6-3-2-4-7-15/h5,8-9,13,15,17,20H,2-4,6-7,10-12,14,19H2,1H3/t17-/m1/s1. The van der Waals surface area contributed by atoms with Crippen molar-refractivity contribution in [1.82, 2.24) is 5.32 Å². The molecule has 1 aliphatic carbocycles. The number of ether oxygens (including phenoxy) is 1. The molecule has 0 amide bonds. The van der Waals surface area contributed by atoms with Gasteiger partial charge in [0.25, 0.3) is 0 Å². The third-order valence-electron chi connectivity index (χ3n) is 4.52. The Morgan fingerprint density at radius 3 is 2.86 bits per heavy atom. The molecule has 1 saturated carbocycles. The Morgan fingerprint density at radius 2 is 2.10 bits per heavy atom. The summed E-state index contributed by atoms with van der Waals surface area (Å²) in [6, 6.07) is 8.56. The molecular formula is C18H30N2O. The molecule has 0 saturated heterocycles. The minimum Gasteiger partial charge on any atom is -0.497 e. The largest absolute Gasteiger partial charge is 0.497 e. The lowest BCUT2D eigenvalue weighted by Gasteiger charge is -2.24. The first-order valence-corrected chi connectivity index (χ1v) is 8.37. The van der Waals surface area contributed by atoms with Crippen LogP contribution in [0, 0.1) is 5.92 Å². The van der Waals surface area contributed by atoms with Crippen LogP contribution in [0.1, 0.15) is 50.5 Å². The van der Waals surface area contributed by atoms with Crippen molar-refractivity contribution in [3.8, 4) is 5.75 Å². The summed E-state index contributed by atoms with van der Waals surface area (Å²) in [6.07, 6.45) is 9.31. The number of nitrogens with one attached hydrogen (secondary N) is 1. The lowest BCUT2D eigenvalue weighted by Crippen LogP contribution is -2.29. The molecule has 0 radical (unpaired) electrons. The summed E-state index contributed by atoms with van der Waals surface area (Å²) < 4.78 is 5.24. The van der Waals surface area contributed by atoms with Gasteiger partial charge in [0.2, 0.25) is 0 Å². The van der Waals surface area contributed by atoms with Crippen LogP contribution in [-0.4, -0.2) is 19.7 Å². The van der Waals surface area contributed by atoms with Gasteiger partial charge in [-0.15, -0.1) is 0 Å². The SMILES string of the molecule is COc1cccc(CNCC[C@@H](N)CC2CCCCC2)c1. The average Bonchev–Trinajstić information content (AvgIpc) is 2.53. The molecule has 0 aliphatic heterocycles. The van der Waals surface area contributed by atoms with E-state index in [-0.39, 0.29) is 0 Å². The van der Waals surface area contributed by atoms with Gasteiger partial charge in [0.05, 0.1) is 7.11 Å². The fourth-order valence-corrected chi connectivity index (χ4v) is 3.27. The molecule has 21 heavy (non-hydrogen) atoms. The summed E-state index contributed by atoms with van der Waals surface area (Å²) in [5, 5.41) is 3.49. The fourth-order valence-electron chi connectivity index (χ4n) is 3.27. The predicted molar refractivity (Wildman–Crippen MR) is 88.5 cm³/mol. The van der Waals surface area contributed by atoms with Crippen molar-refractivity contribution in [1.29, 1.82) is 0 Å². The van der Waals surface area contributed by atoms with E-state index in [9.17, 15) is 0 Å². The molecular weight excluding hydrogens is 260 g/mol. The Hall–Kier alpha value is -1.06. The molecule has 1 fully saturated rings. The molecule has 3 nitrogen and oxygen atoms in total. The van der Waals surface area contributed by atoms with E-state index in [2.05, 4.69) is 17.4 Å². The topological polar surface area (TPSA) is 47.3 Å². The summed E-state index contributed by atoms with van der Waals surface area (Å²) in [4.78, 5) is 0. The van der Waals surface area contributed by atoms with Crippen molar-refractivity contribution in [3.05, 3.63) is 29.8 Å². The van der Waals surface area contributed by atoms with E-state index in [0.717, 1.165) is 31.2 Å². The van der Waals surface area contributed by atoms with Crippen LogP contribution in [0.2, 0.25) is 0 Å². The fraction of sp³-hybridized carbons (Fsp3) is 0.667. The number of hydrogen-bond acceptors (Lipinski definition) is 3. The van der Waals surface area contributed by atoms with Gasteiger partial charge in [-0.2, -0.15) is 0 Å². The highest BCUT2D eigenvalue weighted by Gasteiger charge is 2.16. The van der Waals surface area contributed by atoms with Gasteiger partial charge in [0.1, 0.15) is 5.75 Å². The van der Waals surface area contributed by atoms with Gasteiger partial charge in [0, 0.05) is 12.6 Å². The van der Waals surface area contributed by atoms with Gasteiger partial charge in [-0.25, -0.2) is 0 Å². The normalized spacial score (nSPS) is 17.6. The van der Waals surface area contributed by atoms with Crippen molar-refractivity contribution < 1.29 is 4.74 Å². The van der Waals surface area contributed by atoms with Crippen LogP contribution < -0.4 is 15.8 Å². The van der Waals surface area contributed by atoms with Gasteiger partial charge in [0.15, 0.2) is 0 Å². The van der Waals surface area contributed by atoms with Crippen LogP contribution >= 0.6 is 0 Å². The zero-order valence-electron chi connectivity index (χ0n) is 13.3. The quantitative estimate of drug-likeness (QED) is 0.721. The van der Waals surface area contributed by atoms with E-state index < -0.39 is 0 Å². The lowest BCUT2D eigenvalue weighted by molar-refractivity contribution is 0.311. The van der Waals surface area contributed by atoms with E-state index >= 15 is 0 Å². The molecule has 0 heterocycles. The molecule has 3 N–H and O–H groups in total. The lowest BCUT2D eigenvalue weighted by atomic mass is 9.84. The van der Waals surface area contributed by atoms with E-state index in [1.165, 1.54) is 44.1 Å². The summed E-state index contributed by atoms with van der Waals surface area (Å²) in [5.74, 6) is 1.80. The Bertz CT molecular complexity index is 402.